The highest BCUT2D eigenvalue weighted by molar-refractivity contribution is 6.42. The molecule has 1 N–H and O–H groups in total. The Morgan fingerprint density at radius 1 is 0.917 bits per heavy atom. The molecule has 1 fully saturated rings. The van der Waals surface area contributed by atoms with Gasteiger partial charge < -0.3 is 10.2 Å². The van der Waals surface area contributed by atoms with E-state index in [4.69, 9.17) is 23.2 Å². The van der Waals surface area contributed by atoms with E-state index in [2.05, 4.69) is 5.32 Å². The van der Waals surface area contributed by atoms with Gasteiger partial charge in [0, 0.05) is 19.0 Å². The molecule has 7 heteroatoms. The molecule has 3 aromatic rings. The van der Waals surface area contributed by atoms with E-state index in [1.54, 1.807) is 41.3 Å². The maximum atomic E-state index is 14.4. The molecule has 188 valence electrons. The summed E-state index contributed by atoms with van der Waals surface area (Å²) in [5.74, 6) is -0.989. The van der Waals surface area contributed by atoms with Crippen LogP contribution in [0.5, 0.6) is 0 Å². The van der Waals surface area contributed by atoms with E-state index >= 15 is 0 Å². The first-order chi connectivity index (χ1) is 17.4. The lowest BCUT2D eigenvalue weighted by atomic mass is 10.0. The molecule has 0 spiro atoms. The molecule has 4 nitrogen and oxygen atoms in total. The predicted octanol–water partition coefficient (Wildman–Crippen LogP) is 6.37. The Labute approximate surface area is 221 Å². The summed E-state index contributed by atoms with van der Waals surface area (Å²) in [6.45, 7) is 0.139. The van der Waals surface area contributed by atoms with Gasteiger partial charge in [-0.25, -0.2) is 4.39 Å². The monoisotopic (exact) mass is 526 g/mol. The van der Waals surface area contributed by atoms with Crippen molar-refractivity contribution >= 4 is 35.0 Å². The van der Waals surface area contributed by atoms with Crippen LogP contribution < -0.4 is 5.32 Å². The van der Waals surface area contributed by atoms with E-state index in [9.17, 15) is 14.0 Å². The number of hydrogen-bond donors (Lipinski definition) is 1. The standard InChI is InChI=1S/C29H29Cl2FN2O2/c30-24-15-14-21(16-25(24)31)19-34(28(35)18-22-10-4-7-13-26(22)32)27(17-20-8-2-1-3-9-20)29(36)33-23-11-5-6-12-23/h1-4,7-10,13-16,23,27H,5-6,11-12,17-19H2,(H,33,36)/t27-/m0/s1. The Balaban J connectivity index is 1.68. The fourth-order valence-electron chi connectivity index (χ4n) is 4.66. The molecule has 1 saturated carbocycles. The van der Waals surface area contributed by atoms with Crippen LogP contribution in [0.3, 0.4) is 0 Å². The second-order valence-electron chi connectivity index (χ2n) is 9.23. The van der Waals surface area contributed by atoms with Crippen LogP contribution in [0.15, 0.2) is 72.8 Å². The van der Waals surface area contributed by atoms with Crippen molar-refractivity contribution in [2.45, 2.75) is 57.2 Å². The number of nitrogens with one attached hydrogen (secondary N) is 1. The van der Waals surface area contributed by atoms with E-state index < -0.39 is 11.9 Å². The second-order valence-corrected chi connectivity index (χ2v) is 10.0. The van der Waals surface area contributed by atoms with E-state index in [-0.39, 0.29) is 36.4 Å². The van der Waals surface area contributed by atoms with Crippen LogP contribution in [0.4, 0.5) is 4.39 Å². The van der Waals surface area contributed by atoms with Crippen LogP contribution in [0.2, 0.25) is 10.0 Å². The minimum Gasteiger partial charge on any atom is -0.352 e. The third-order valence-electron chi connectivity index (χ3n) is 6.61. The molecular weight excluding hydrogens is 498 g/mol. The van der Waals surface area contributed by atoms with Crippen LogP contribution in [-0.2, 0) is 29.0 Å². The average Bonchev–Trinajstić information content (AvgIpc) is 3.38. The Hall–Kier alpha value is -2.89. The van der Waals surface area contributed by atoms with Gasteiger partial charge in [0.2, 0.25) is 11.8 Å². The third-order valence-corrected chi connectivity index (χ3v) is 7.35. The minimum atomic E-state index is -0.776. The summed E-state index contributed by atoms with van der Waals surface area (Å²) in [5, 5.41) is 3.94. The summed E-state index contributed by atoms with van der Waals surface area (Å²) in [4.78, 5) is 28.9. The van der Waals surface area contributed by atoms with Crippen LogP contribution in [0.1, 0.15) is 42.4 Å². The maximum absolute atomic E-state index is 14.4. The van der Waals surface area contributed by atoms with Gasteiger partial charge in [-0.05, 0) is 47.7 Å². The molecule has 0 radical (unpaired) electrons. The molecule has 0 aliphatic heterocycles. The molecule has 1 atom stereocenters. The summed E-state index contributed by atoms with van der Waals surface area (Å²) < 4.78 is 14.4. The summed E-state index contributed by atoms with van der Waals surface area (Å²) in [6.07, 6.45) is 4.19. The molecule has 0 unspecified atom stereocenters. The highest BCUT2D eigenvalue weighted by atomic mass is 35.5. The number of amides is 2. The molecular formula is C29H29Cl2FN2O2. The Bertz CT molecular complexity index is 1200. The number of carbonyl (C=O) groups is 2. The highest BCUT2D eigenvalue weighted by Gasteiger charge is 2.32. The molecule has 0 heterocycles. The fraction of sp³-hybridized carbons (Fsp3) is 0.310. The predicted molar refractivity (Wildman–Crippen MR) is 141 cm³/mol. The Morgan fingerprint density at radius 3 is 2.31 bits per heavy atom. The molecule has 0 saturated heterocycles. The molecule has 3 aromatic carbocycles. The molecule has 0 aromatic heterocycles. The van der Waals surface area contributed by atoms with Gasteiger partial charge in [0.25, 0.3) is 0 Å². The first kappa shape index (κ1) is 26.2. The average molecular weight is 527 g/mol. The van der Waals surface area contributed by atoms with E-state index in [0.29, 0.717) is 16.5 Å². The summed E-state index contributed by atoms with van der Waals surface area (Å²) in [6, 6.07) is 20.3. The topological polar surface area (TPSA) is 49.4 Å². The summed E-state index contributed by atoms with van der Waals surface area (Å²) in [7, 11) is 0. The zero-order chi connectivity index (χ0) is 25.5. The summed E-state index contributed by atoms with van der Waals surface area (Å²) >= 11 is 12.4. The van der Waals surface area contributed by atoms with E-state index in [0.717, 1.165) is 36.8 Å². The Kier molecular flexibility index (Phi) is 9.00. The van der Waals surface area contributed by atoms with Gasteiger partial charge >= 0.3 is 0 Å². The van der Waals surface area contributed by atoms with Gasteiger partial charge in [0.15, 0.2) is 0 Å². The lowest BCUT2D eigenvalue weighted by Crippen LogP contribution is -2.52. The van der Waals surface area contributed by atoms with Crippen molar-refractivity contribution < 1.29 is 14.0 Å². The second kappa shape index (κ2) is 12.4. The Morgan fingerprint density at radius 2 is 1.61 bits per heavy atom. The van der Waals surface area contributed by atoms with Crippen molar-refractivity contribution in [3.63, 3.8) is 0 Å². The van der Waals surface area contributed by atoms with Gasteiger partial charge in [0.1, 0.15) is 11.9 Å². The van der Waals surface area contributed by atoms with Crippen LogP contribution in [-0.4, -0.2) is 28.8 Å². The van der Waals surface area contributed by atoms with Crippen LogP contribution in [0, 0.1) is 5.82 Å². The molecule has 36 heavy (non-hydrogen) atoms. The first-order valence-electron chi connectivity index (χ1n) is 12.2. The number of carbonyl (C=O) groups excluding carboxylic acids is 2. The number of rotatable bonds is 9. The number of hydrogen-bond acceptors (Lipinski definition) is 2. The lowest BCUT2D eigenvalue weighted by Gasteiger charge is -2.32. The van der Waals surface area contributed by atoms with Crippen molar-refractivity contribution in [1.82, 2.24) is 10.2 Å². The zero-order valence-corrected chi connectivity index (χ0v) is 21.4. The largest absolute Gasteiger partial charge is 0.352 e. The van der Waals surface area contributed by atoms with Crippen LogP contribution >= 0.6 is 23.2 Å². The number of halogens is 3. The zero-order valence-electron chi connectivity index (χ0n) is 19.9. The van der Waals surface area contributed by atoms with Crippen molar-refractivity contribution in [1.29, 1.82) is 0 Å². The normalized spacial score (nSPS) is 14.4. The smallest absolute Gasteiger partial charge is 0.243 e. The molecule has 2 amide bonds. The van der Waals surface area contributed by atoms with Gasteiger partial charge in [0.05, 0.1) is 16.5 Å². The SMILES string of the molecule is O=C(NC1CCCC1)[C@H](Cc1ccccc1)N(Cc1ccc(Cl)c(Cl)c1)C(=O)Cc1ccccc1F. The van der Waals surface area contributed by atoms with Crippen LogP contribution in [0.25, 0.3) is 0 Å². The molecule has 4 rings (SSSR count). The minimum absolute atomic E-state index is 0.101. The number of benzene rings is 3. The maximum Gasteiger partial charge on any atom is 0.243 e. The van der Waals surface area contributed by atoms with Gasteiger partial charge in [-0.15, -0.1) is 0 Å². The van der Waals surface area contributed by atoms with E-state index in [1.807, 2.05) is 30.3 Å². The molecule has 1 aliphatic rings. The van der Waals surface area contributed by atoms with Gasteiger partial charge in [-0.1, -0.05) is 90.6 Å². The molecule has 1 aliphatic carbocycles. The number of nitrogens with zero attached hydrogens (tertiary/aromatic N) is 1. The van der Waals surface area contributed by atoms with Crippen molar-refractivity contribution in [2.75, 3.05) is 0 Å². The quantitative estimate of drug-likeness (QED) is 0.352. The van der Waals surface area contributed by atoms with Crippen molar-refractivity contribution in [2.24, 2.45) is 0 Å². The lowest BCUT2D eigenvalue weighted by molar-refractivity contribution is -0.141. The molecule has 0 bridgehead atoms. The van der Waals surface area contributed by atoms with Gasteiger partial charge in [-0.2, -0.15) is 0 Å². The van der Waals surface area contributed by atoms with Crippen molar-refractivity contribution in [3.8, 4) is 0 Å². The highest BCUT2D eigenvalue weighted by Crippen LogP contribution is 2.25. The van der Waals surface area contributed by atoms with E-state index in [1.165, 1.54) is 6.07 Å². The summed E-state index contributed by atoms with van der Waals surface area (Å²) in [5.41, 5.74) is 1.95. The fourth-order valence-corrected chi connectivity index (χ4v) is 4.98. The first-order valence-corrected chi connectivity index (χ1v) is 13.0. The van der Waals surface area contributed by atoms with Gasteiger partial charge in [-0.3, -0.25) is 9.59 Å². The van der Waals surface area contributed by atoms with Crippen molar-refractivity contribution in [3.05, 3.63) is 105 Å². The third kappa shape index (κ3) is 6.86.